The van der Waals surface area contributed by atoms with Gasteiger partial charge in [0.1, 0.15) is 0 Å². The van der Waals surface area contributed by atoms with Crippen LogP contribution in [0, 0.1) is 0 Å². The summed E-state index contributed by atoms with van der Waals surface area (Å²) in [7, 11) is 0. The first-order chi connectivity index (χ1) is 30.2. The van der Waals surface area contributed by atoms with Crippen LogP contribution in [-0.4, -0.2) is 0 Å². The summed E-state index contributed by atoms with van der Waals surface area (Å²) in [4.78, 5) is 0. The molecular weight excluding hydrogens is 733 g/mol. The average Bonchev–Trinajstić information content (AvgIpc) is 3.78. The van der Waals surface area contributed by atoms with Gasteiger partial charge < -0.3 is 0 Å². The molecule has 13 aromatic carbocycles. The molecule has 13 aromatic rings. The number of rotatable bonds is 2. The molecule has 1 spiro atoms. The van der Waals surface area contributed by atoms with E-state index < -0.39 is 5.41 Å². The van der Waals surface area contributed by atoms with E-state index in [1.165, 1.54) is 142 Å². The molecule has 61 heavy (non-hydrogen) atoms. The molecule has 0 atom stereocenters. The van der Waals surface area contributed by atoms with Crippen molar-refractivity contribution in [2.45, 2.75) is 5.41 Å². The molecule has 0 heterocycles. The van der Waals surface area contributed by atoms with Crippen LogP contribution in [0.15, 0.2) is 206 Å². The zero-order valence-electron chi connectivity index (χ0n) is 33.1. The Morgan fingerprint density at radius 2 is 0.639 bits per heavy atom. The van der Waals surface area contributed by atoms with Gasteiger partial charge in [-0.1, -0.05) is 188 Å². The molecule has 0 aliphatic heterocycles. The third-order valence-electron chi connectivity index (χ3n) is 14.7. The quantitative estimate of drug-likeness (QED) is 0.154. The van der Waals surface area contributed by atoms with Crippen LogP contribution < -0.4 is 0 Å². The first kappa shape index (κ1) is 32.1. The van der Waals surface area contributed by atoms with E-state index >= 15 is 0 Å². The molecule has 0 saturated carbocycles. The largest absolute Gasteiger partial charge is 0.0725 e. The lowest BCUT2D eigenvalue weighted by atomic mass is 9.70. The van der Waals surface area contributed by atoms with Gasteiger partial charge in [0.2, 0.25) is 0 Å². The van der Waals surface area contributed by atoms with E-state index in [1.807, 2.05) is 0 Å². The van der Waals surface area contributed by atoms with E-state index in [0.29, 0.717) is 0 Å². The Morgan fingerprint density at radius 3 is 1.28 bits per heavy atom. The van der Waals surface area contributed by atoms with Crippen LogP contribution in [0.25, 0.3) is 120 Å². The summed E-state index contributed by atoms with van der Waals surface area (Å²) in [6.07, 6.45) is 0. The third kappa shape index (κ3) is 3.92. The highest BCUT2D eigenvalue weighted by molar-refractivity contribution is 6.27. The minimum absolute atomic E-state index is 0.485. The minimum Gasteiger partial charge on any atom is -0.0619 e. The van der Waals surface area contributed by atoms with Gasteiger partial charge in [0.25, 0.3) is 0 Å². The monoisotopic (exact) mass is 766 g/mol. The van der Waals surface area contributed by atoms with Crippen LogP contribution in [0.5, 0.6) is 0 Å². The predicted octanol–water partition coefficient (Wildman–Crippen LogP) is 16.3. The lowest BCUT2D eigenvalue weighted by Gasteiger charge is -2.31. The maximum absolute atomic E-state index is 2.58. The highest BCUT2D eigenvalue weighted by Crippen LogP contribution is 2.64. The van der Waals surface area contributed by atoms with Crippen molar-refractivity contribution in [3.63, 3.8) is 0 Å². The van der Waals surface area contributed by atoms with E-state index in [1.54, 1.807) is 0 Å². The van der Waals surface area contributed by atoms with E-state index in [-0.39, 0.29) is 0 Å². The van der Waals surface area contributed by atoms with Crippen LogP contribution >= 0.6 is 0 Å². The molecule has 0 saturated heterocycles. The third-order valence-corrected chi connectivity index (χ3v) is 14.7. The summed E-state index contributed by atoms with van der Waals surface area (Å²) in [6.45, 7) is 0. The Hall–Kier alpha value is -7.80. The van der Waals surface area contributed by atoms with Crippen LogP contribution in [0.2, 0.25) is 0 Å². The van der Waals surface area contributed by atoms with Crippen molar-refractivity contribution in [1.82, 2.24) is 0 Å². The van der Waals surface area contributed by atoms with Gasteiger partial charge in [-0.15, -0.1) is 0 Å². The topological polar surface area (TPSA) is 0 Å². The molecule has 2 aliphatic carbocycles. The molecule has 278 valence electrons. The fraction of sp³-hybridized carbons (Fsp3) is 0.0164. The van der Waals surface area contributed by atoms with Crippen molar-refractivity contribution in [2.24, 2.45) is 0 Å². The lowest BCUT2D eigenvalue weighted by Crippen LogP contribution is -2.26. The summed E-state index contributed by atoms with van der Waals surface area (Å²) >= 11 is 0. The molecule has 0 N–H and O–H groups in total. The van der Waals surface area contributed by atoms with E-state index in [2.05, 4.69) is 206 Å². The molecule has 0 amide bonds. The minimum atomic E-state index is -0.485. The maximum Gasteiger partial charge on any atom is 0.0725 e. The normalized spacial score (nSPS) is 13.7. The second-order valence-electron chi connectivity index (χ2n) is 17.5. The molecular formula is C61H34. The molecule has 0 fully saturated rings. The molecule has 2 aliphatic rings. The molecule has 0 aromatic heterocycles. The predicted molar refractivity (Wildman–Crippen MR) is 259 cm³/mol. The van der Waals surface area contributed by atoms with Gasteiger partial charge >= 0.3 is 0 Å². The first-order valence-corrected chi connectivity index (χ1v) is 21.5. The van der Waals surface area contributed by atoms with Gasteiger partial charge in [-0.25, -0.2) is 0 Å². The van der Waals surface area contributed by atoms with Crippen molar-refractivity contribution >= 4 is 75.4 Å². The van der Waals surface area contributed by atoms with Crippen LogP contribution in [0.1, 0.15) is 22.3 Å². The number of benzene rings is 13. The Kier molecular flexibility index (Phi) is 5.93. The maximum atomic E-state index is 2.58. The van der Waals surface area contributed by atoms with Gasteiger partial charge in [-0.05, 0) is 160 Å². The molecule has 0 radical (unpaired) electrons. The van der Waals surface area contributed by atoms with E-state index in [0.717, 1.165) is 0 Å². The zero-order valence-corrected chi connectivity index (χ0v) is 33.1. The first-order valence-electron chi connectivity index (χ1n) is 21.5. The SMILES string of the molecule is c1ccc2c(c1)-c1ccccc1C21c2cc(-c3ccc4ccc5cccc6ccc3c4c56)ccc2-c2cc3cccc(-c4ccc5ccc6cccc7ccc4c5c67)c3cc21. The van der Waals surface area contributed by atoms with Gasteiger partial charge in [-0.2, -0.15) is 0 Å². The molecule has 0 heteroatoms. The summed E-state index contributed by atoms with van der Waals surface area (Å²) in [6, 6.07) is 78.9. The molecule has 0 bridgehead atoms. The number of hydrogen-bond acceptors (Lipinski definition) is 0. The van der Waals surface area contributed by atoms with Crippen molar-refractivity contribution in [2.75, 3.05) is 0 Å². The Morgan fingerprint density at radius 1 is 0.213 bits per heavy atom. The van der Waals surface area contributed by atoms with E-state index in [4.69, 9.17) is 0 Å². The summed E-state index contributed by atoms with van der Waals surface area (Å²) < 4.78 is 0. The smallest absolute Gasteiger partial charge is 0.0619 e. The zero-order chi connectivity index (χ0) is 39.6. The van der Waals surface area contributed by atoms with Crippen molar-refractivity contribution in [1.29, 1.82) is 0 Å². The van der Waals surface area contributed by atoms with Gasteiger partial charge in [0.05, 0.1) is 5.41 Å². The van der Waals surface area contributed by atoms with Crippen LogP contribution in [-0.2, 0) is 5.41 Å². The van der Waals surface area contributed by atoms with Gasteiger partial charge in [-0.3, -0.25) is 0 Å². The van der Waals surface area contributed by atoms with Crippen molar-refractivity contribution < 1.29 is 0 Å². The standard InChI is InChI=1S/C61H34/c1-3-16-53-46(13-1)47-14-2-4-17-54(47)61(53)55-33-42(43-27-22-39-20-18-35-8-5-10-37-24-30-49(43)59(39)57(35)37)26-29-48(55)52-32-41-12-7-15-44(51(41)34-56(52)61)45-28-23-40-21-19-36-9-6-11-38-25-31-50(45)60(40)58(36)38/h1-34H. The average molecular weight is 767 g/mol. The Balaban J connectivity index is 1.03. The molecule has 0 nitrogen and oxygen atoms in total. The number of fused-ring (bicyclic) bond motifs is 11. The molecule has 15 rings (SSSR count). The van der Waals surface area contributed by atoms with Crippen LogP contribution in [0.3, 0.4) is 0 Å². The Bertz CT molecular complexity index is 3970. The molecule has 0 unspecified atom stereocenters. The highest BCUT2D eigenvalue weighted by Gasteiger charge is 2.52. The van der Waals surface area contributed by atoms with E-state index in [9.17, 15) is 0 Å². The fourth-order valence-corrected chi connectivity index (χ4v) is 12.3. The van der Waals surface area contributed by atoms with Gasteiger partial charge in [0, 0.05) is 0 Å². The second-order valence-corrected chi connectivity index (χ2v) is 17.5. The summed E-state index contributed by atoms with van der Waals surface area (Å²) in [5, 5.41) is 18.4. The highest BCUT2D eigenvalue weighted by atomic mass is 14.5. The van der Waals surface area contributed by atoms with Gasteiger partial charge in [0.15, 0.2) is 0 Å². The van der Waals surface area contributed by atoms with Crippen LogP contribution in [0.4, 0.5) is 0 Å². The second kappa shape index (κ2) is 11.3. The summed E-state index contributed by atoms with van der Waals surface area (Å²) in [5.74, 6) is 0. The lowest BCUT2D eigenvalue weighted by molar-refractivity contribution is 0.795. The fourth-order valence-electron chi connectivity index (χ4n) is 12.3. The van der Waals surface area contributed by atoms with Crippen molar-refractivity contribution in [3.8, 4) is 44.5 Å². The summed E-state index contributed by atoms with van der Waals surface area (Å²) in [5.41, 5.74) is 15.4. The van der Waals surface area contributed by atoms with Crippen molar-refractivity contribution in [3.05, 3.63) is 229 Å². The number of hydrogen-bond donors (Lipinski definition) is 0. The Labute approximate surface area is 352 Å².